The normalized spacial score (nSPS) is 10.8. The molecule has 3 rings (SSSR count). The topological polar surface area (TPSA) is 43.1 Å². The average Bonchev–Trinajstić information content (AvgIpc) is 2.77. The molecule has 3 aromatic heterocycles. The highest BCUT2D eigenvalue weighted by Gasteiger charge is 2.06. The fraction of sp³-hybridized carbons (Fsp3) is 0.133. The van der Waals surface area contributed by atoms with Crippen LogP contribution in [-0.2, 0) is 0 Å². The standard InChI is InChI=1S/C15H14N4/c1-4-12-5-6-13(17-11(12)3)14-7-8-15-16-10(2)9-19(15)18-14/h4-9H,1H2,2-3H3. The Bertz CT molecular complexity index is 771. The molecule has 0 radical (unpaired) electrons. The molecule has 4 nitrogen and oxygen atoms in total. The summed E-state index contributed by atoms with van der Waals surface area (Å²) in [6.07, 6.45) is 3.71. The van der Waals surface area contributed by atoms with Gasteiger partial charge < -0.3 is 0 Å². The SMILES string of the molecule is C=Cc1ccc(-c2ccc3nc(C)cn3n2)nc1C. The number of nitrogens with zero attached hydrogens (tertiary/aromatic N) is 4. The van der Waals surface area contributed by atoms with Crippen molar-refractivity contribution in [3.63, 3.8) is 0 Å². The summed E-state index contributed by atoms with van der Waals surface area (Å²) in [6.45, 7) is 7.70. The summed E-state index contributed by atoms with van der Waals surface area (Å²) in [5.41, 5.74) is 5.50. The maximum Gasteiger partial charge on any atom is 0.153 e. The van der Waals surface area contributed by atoms with E-state index in [1.165, 1.54) is 0 Å². The Kier molecular flexibility index (Phi) is 2.63. The molecule has 19 heavy (non-hydrogen) atoms. The van der Waals surface area contributed by atoms with Gasteiger partial charge in [-0.05, 0) is 37.6 Å². The Morgan fingerprint density at radius 3 is 2.58 bits per heavy atom. The molecule has 0 unspecified atom stereocenters. The van der Waals surface area contributed by atoms with Crippen LogP contribution < -0.4 is 0 Å². The monoisotopic (exact) mass is 250 g/mol. The van der Waals surface area contributed by atoms with Gasteiger partial charge in [-0.15, -0.1) is 0 Å². The van der Waals surface area contributed by atoms with Gasteiger partial charge in [-0.1, -0.05) is 18.7 Å². The maximum atomic E-state index is 4.56. The van der Waals surface area contributed by atoms with E-state index in [0.717, 1.165) is 34.0 Å². The van der Waals surface area contributed by atoms with Crippen LogP contribution in [0.4, 0.5) is 0 Å². The number of fused-ring (bicyclic) bond motifs is 1. The van der Waals surface area contributed by atoms with E-state index >= 15 is 0 Å². The van der Waals surface area contributed by atoms with Gasteiger partial charge in [0.15, 0.2) is 5.65 Å². The van der Waals surface area contributed by atoms with Gasteiger partial charge in [0.05, 0.1) is 17.6 Å². The molecule has 3 heterocycles. The van der Waals surface area contributed by atoms with Crippen LogP contribution in [0.15, 0.2) is 37.0 Å². The van der Waals surface area contributed by atoms with Crippen molar-refractivity contribution in [2.75, 3.05) is 0 Å². The Labute approximate surface area is 111 Å². The number of aryl methyl sites for hydroxylation is 2. The molecule has 0 spiro atoms. The van der Waals surface area contributed by atoms with Crippen LogP contribution >= 0.6 is 0 Å². The summed E-state index contributed by atoms with van der Waals surface area (Å²) in [7, 11) is 0. The van der Waals surface area contributed by atoms with Crippen LogP contribution in [-0.4, -0.2) is 19.6 Å². The molecule has 0 aliphatic carbocycles. The quantitative estimate of drug-likeness (QED) is 0.702. The zero-order valence-corrected chi connectivity index (χ0v) is 11.0. The first-order valence-corrected chi connectivity index (χ1v) is 6.11. The van der Waals surface area contributed by atoms with E-state index in [0.29, 0.717) is 0 Å². The van der Waals surface area contributed by atoms with Crippen molar-refractivity contribution < 1.29 is 0 Å². The van der Waals surface area contributed by atoms with Gasteiger partial charge in [0, 0.05) is 5.69 Å². The molecule has 0 aliphatic heterocycles. The van der Waals surface area contributed by atoms with Crippen LogP contribution in [0.25, 0.3) is 23.1 Å². The zero-order chi connectivity index (χ0) is 13.4. The van der Waals surface area contributed by atoms with Crippen LogP contribution in [0.2, 0.25) is 0 Å². The van der Waals surface area contributed by atoms with E-state index in [4.69, 9.17) is 0 Å². The third-order valence-electron chi connectivity index (χ3n) is 3.05. The minimum Gasteiger partial charge on any atom is -0.251 e. The minimum atomic E-state index is 0.837. The molecular formula is C15H14N4. The number of hydrogen-bond acceptors (Lipinski definition) is 3. The molecule has 94 valence electrons. The maximum absolute atomic E-state index is 4.56. The summed E-state index contributed by atoms with van der Waals surface area (Å²) in [5, 5.41) is 4.53. The molecular weight excluding hydrogens is 236 g/mol. The van der Waals surface area contributed by atoms with E-state index < -0.39 is 0 Å². The van der Waals surface area contributed by atoms with Crippen molar-refractivity contribution in [3.05, 3.63) is 54.0 Å². The molecule has 4 heteroatoms. The Morgan fingerprint density at radius 1 is 1.05 bits per heavy atom. The first kappa shape index (κ1) is 11.6. The van der Waals surface area contributed by atoms with Crippen LogP contribution in [0, 0.1) is 13.8 Å². The molecule has 0 atom stereocenters. The van der Waals surface area contributed by atoms with Crippen molar-refractivity contribution in [2.24, 2.45) is 0 Å². The van der Waals surface area contributed by atoms with Gasteiger partial charge in [0.25, 0.3) is 0 Å². The summed E-state index contributed by atoms with van der Waals surface area (Å²) < 4.78 is 1.78. The van der Waals surface area contributed by atoms with E-state index in [2.05, 4.69) is 21.6 Å². The fourth-order valence-electron chi connectivity index (χ4n) is 2.07. The van der Waals surface area contributed by atoms with Gasteiger partial charge >= 0.3 is 0 Å². The number of imidazole rings is 1. The zero-order valence-electron chi connectivity index (χ0n) is 11.0. The van der Waals surface area contributed by atoms with Gasteiger partial charge in [0.2, 0.25) is 0 Å². The van der Waals surface area contributed by atoms with E-state index in [1.807, 2.05) is 50.4 Å². The third-order valence-corrected chi connectivity index (χ3v) is 3.05. The lowest BCUT2D eigenvalue weighted by Crippen LogP contribution is -1.96. The highest BCUT2D eigenvalue weighted by Crippen LogP contribution is 2.18. The Balaban J connectivity index is 2.12. The molecule has 0 saturated carbocycles. The van der Waals surface area contributed by atoms with Crippen LogP contribution in [0.3, 0.4) is 0 Å². The average molecular weight is 250 g/mol. The number of aromatic nitrogens is 4. The number of rotatable bonds is 2. The fourth-order valence-corrected chi connectivity index (χ4v) is 2.07. The van der Waals surface area contributed by atoms with Crippen molar-refractivity contribution in [1.29, 1.82) is 0 Å². The predicted molar refractivity (Wildman–Crippen MR) is 75.8 cm³/mol. The van der Waals surface area contributed by atoms with Gasteiger partial charge in [-0.2, -0.15) is 5.10 Å². The second-order valence-corrected chi connectivity index (χ2v) is 4.48. The molecule has 0 N–H and O–H groups in total. The molecule has 0 saturated heterocycles. The third kappa shape index (κ3) is 2.01. The summed E-state index contributed by atoms with van der Waals surface area (Å²) in [6, 6.07) is 7.86. The van der Waals surface area contributed by atoms with Crippen molar-refractivity contribution in [3.8, 4) is 11.4 Å². The van der Waals surface area contributed by atoms with Crippen molar-refractivity contribution in [1.82, 2.24) is 19.6 Å². The lowest BCUT2D eigenvalue weighted by Gasteiger charge is -2.04. The second kappa shape index (κ2) is 4.31. The molecule has 3 aromatic rings. The van der Waals surface area contributed by atoms with Crippen LogP contribution in [0.1, 0.15) is 17.0 Å². The summed E-state index contributed by atoms with van der Waals surface area (Å²) in [5.74, 6) is 0. The van der Waals surface area contributed by atoms with E-state index in [-0.39, 0.29) is 0 Å². The Morgan fingerprint density at radius 2 is 1.84 bits per heavy atom. The molecule has 0 aromatic carbocycles. The first-order chi connectivity index (χ1) is 9.17. The van der Waals surface area contributed by atoms with Crippen molar-refractivity contribution in [2.45, 2.75) is 13.8 Å². The lowest BCUT2D eigenvalue weighted by atomic mass is 10.1. The lowest BCUT2D eigenvalue weighted by molar-refractivity contribution is 0.935. The molecule has 0 aliphatic rings. The van der Waals surface area contributed by atoms with Crippen LogP contribution in [0.5, 0.6) is 0 Å². The summed E-state index contributed by atoms with van der Waals surface area (Å²) >= 11 is 0. The Hall–Kier alpha value is -2.49. The highest BCUT2D eigenvalue weighted by atomic mass is 15.2. The molecule has 0 fully saturated rings. The smallest absolute Gasteiger partial charge is 0.153 e. The second-order valence-electron chi connectivity index (χ2n) is 4.48. The predicted octanol–water partition coefficient (Wildman–Crippen LogP) is 3.05. The van der Waals surface area contributed by atoms with E-state index in [1.54, 1.807) is 4.52 Å². The highest BCUT2D eigenvalue weighted by molar-refractivity contribution is 5.60. The van der Waals surface area contributed by atoms with Gasteiger partial charge in [-0.25, -0.2) is 9.50 Å². The number of hydrogen-bond donors (Lipinski definition) is 0. The first-order valence-electron chi connectivity index (χ1n) is 6.11. The molecule has 0 bridgehead atoms. The van der Waals surface area contributed by atoms with E-state index in [9.17, 15) is 0 Å². The van der Waals surface area contributed by atoms with Crippen molar-refractivity contribution >= 4 is 11.7 Å². The largest absolute Gasteiger partial charge is 0.251 e. The van der Waals surface area contributed by atoms with Gasteiger partial charge in [0.1, 0.15) is 5.69 Å². The van der Waals surface area contributed by atoms with Gasteiger partial charge in [-0.3, -0.25) is 4.98 Å². The molecule has 0 amide bonds. The summed E-state index contributed by atoms with van der Waals surface area (Å²) in [4.78, 5) is 8.92. The minimum absolute atomic E-state index is 0.837. The number of pyridine rings is 1.